The molecule has 0 radical (unpaired) electrons. The number of nitriles is 1. The van der Waals surface area contributed by atoms with Crippen molar-refractivity contribution in [2.75, 3.05) is 5.32 Å². The van der Waals surface area contributed by atoms with Crippen molar-refractivity contribution in [3.05, 3.63) is 32.2 Å². The van der Waals surface area contributed by atoms with Crippen molar-refractivity contribution in [3.8, 4) is 6.19 Å². The minimum Gasteiger partial charge on any atom is -0.307 e. The van der Waals surface area contributed by atoms with Crippen molar-refractivity contribution in [2.24, 2.45) is 5.11 Å². The van der Waals surface area contributed by atoms with E-state index in [4.69, 9.17) is 10.8 Å². The molecule has 0 heterocycles. The highest BCUT2D eigenvalue weighted by Crippen LogP contribution is 2.22. The molecule has 0 aliphatic carbocycles. The van der Waals surface area contributed by atoms with Crippen LogP contribution < -0.4 is 10.6 Å². The highest BCUT2D eigenvalue weighted by Gasteiger charge is 2.02. The Balaban J connectivity index is 2.93. The molecule has 2 N–H and O–H groups in total. The van der Waals surface area contributed by atoms with Crippen molar-refractivity contribution >= 4 is 40.0 Å². The van der Waals surface area contributed by atoms with E-state index in [2.05, 4.69) is 15.3 Å². The first kappa shape index (κ1) is 12.1. The molecule has 0 aromatic heterocycles. The number of carbonyl (C=O) groups is 1. The summed E-state index contributed by atoms with van der Waals surface area (Å²) in [6.45, 7) is 0. The second-order valence-electron chi connectivity index (χ2n) is 2.58. The van der Waals surface area contributed by atoms with Crippen LogP contribution in [0.15, 0.2) is 23.3 Å². The third-order valence-corrected chi connectivity index (χ3v) is 2.09. The molecule has 0 bridgehead atoms. The van der Waals surface area contributed by atoms with Crippen LogP contribution in [-0.2, 0) is 0 Å². The molecule has 2 amide bonds. The van der Waals surface area contributed by atoms with Gasteiger partial charge in [-0.05, 0) is 46.3 Å². The van der Waals surface area contributed by atoms with E-state index in [-0.39, 0.29) is 0 Å². The van der Waals surface area contributed by atoms with Crippen molar-refractivity contribution in [1.29, 1.82) is 5.26 Å². The van der Waals surface area contributed by atoms with Gasteiger partial charge in [-0.15, -0.1) is 0 Å². The Labute approximate surface area is 104 Å². The maximum absolute atomic E-state index is 11.0. The summed E-state index contributed by atoms with van der Waals surface area (Å²) in [7, 11) is 0. The predicted molar refractivity (Wildman–Crippen MR) is 65.7 cm³/mol. The number of anilines is 1. The maximum Gasteiger partial charge on any atom is 0.332 e. The number of amides is 2. The van der Waals surface area contributed by atoms with Gasteiger partial charge >= 0.3 is 6.03 Å². The van der Waals surface area contributed by atoms with Crippen molar-refractivity contribution in [2.45, 2.75) is 0 Å². The van der Waals surface area contributed by atoms with E-state index in [1.54, 1.807) is 12.1 Å². The molecule has 0 atom stereocenters. The van der Waals surface area contributed by atoms with Crippen LogP contribution in [0.1, 0.15) is 0 Å². The van der Waals surface area contributed by atoms with E-state index in [1.807, 2.05) is 27.9 Å². The van der Waals surface area contributed by atoms with E-state index in [1.165, 1.54) is 12.3 Å². The van der Waals surface area contributed by atoms with Gasteiger partial charge in [-0.2, -0.15) is 5.26 Å². The van der Waals surface area contributed by atoms with Crippen molar-refractivity contribution < 1.29 is 4.79 Å². The predicted octanol–water partition coefficient (Wildman–Crippen LogP) is 2.84. The van der Waals surface area contributed by atoms with Gasteiger partial charge in [-0.3, -0.25) is 0 Å². The van der Waals surface area contributed by atoms with Gasteiger partial charge in [0, 0.05) is 19.9 Å². The van der Waals surface area contributed by atoms with Gasteiger partial charge in [0.25, 0.3) is 0 Å². The van der Waals surface area contributed by atoms with Crippen LogP contribution in [0.4, 0.5) is 16.2 Å². The van der Waals surface area contributed by atoms with E-state index in [0.29, 0.717) is 11.4 Å². The average Bonchev–Trinajstić information content (AvgIpc) is 2.17. The number of hydrogen-bond acceptors (Lipinski definition) is 3. The number of carbonyl (C=O) groups excluding carboxylic acids is 1. The van der Waals surface area contributed by atoms with Crippen LogP contribution in [0.3, 0.4) is 0 Å². The largest absolute Gasteiger partial charge is 0.332 e. The van der Waals surface area contributed by atoms with E-state index < -0.39 is 6.03 Å². The second kappa shape index (κ2) is 5.79. The number of benzene rings is 1. The fourth-order valence-electron chi connectivity index (χ4n) is 0.969. The van der Waals surface area contributed by atoms with Crippen LogP contribution in [0.5, 0.6) is 0 Å². The smallest absolute Gasteiger partial charge is 0.307 e. The van der Waals surface area contributed by atoms with Crippen LogP contribution >= 0.6 is 22.6 Å². The number of halogens is 1. The molecule has 8 heteroatoms. The summed E-state index contributed by atoms with van der Waals surface area (Å²) in [5.74, 6) is 0. The molecular formula is C8H5IN6O. The number of nitrogens with zero attached hydrogens (tertiary/aromatic N) is 4. The highest BCUT2D eigenvalue weighted by atomic mass is 127. The minimum atomic E-state index is -0.642. The summed E-state index contributed by atoms with van der Waals surface area (Å²) in [6.07, 6.45) is 1.50. The number of rotatable bonds is 2. The molecule has 0 aliphatic rings. The molecule has 0 aliphatic heterocycles. The standard InChI is InChI=1S/C8H5IN6O/c9-5-1-6(13-8(16)12-4-10)3-7(2-5)14-15-11/h1-3H,(H2,12,13,16). The Kier molecular flexibility index (Phi) is 4.38. The summed E-state index contributed by atoms with van der Waals surface area (Å²) in [4.78, 5) is 13.7. The fraction of sp³-hybridized carbons (Fsp3) is 0. The molecule has 1 aromatic carbocycles. The minimum absolute atomic E-state index is 0.390. The van der Waals surface area contributed by atoms with Crippen LogP contribution in [0.2, 0.25) is 0 Å². The Morgan fingerprint density at radius 1 is 1.56 bits per heavy atom. The third kappa shape index (κ3) is 3.64. The van der Waals surface area contributed by atoms with Gasteiger partial charge in [0.2, 0.25) is 0 Å². The molecule has 0 spiro atoms. The number of hydrogen-bond donors (Lipinski definition) is 2. The first-order valence-electron chi connectivity index (χ1n) is 3.97. The molecule has 1 rings (SSSR count). The monoisotopic (exact) mass is 328 g/mol. The lowest BCUT2D eigenvalue weighted by molar-refractivity contribution is 0.255. The van der Waals surface area contributed by atoms with Gasteiger partial charge in [-0.25, -0.2) is 10.1 Å². The lowest BCUT2D eigenvalue weighted by Crippen LogP contribution is -2.23. The second-order valence-corrected chi connectivity index (χ2v) is 3.82. The van der Waals surface area contributed by atoms with Gasteiger partial charge in [0.1, 0.15) is 0 Å². The Morgan fingerprint density at radius 3 is 2.94 bits per heavy atom. The van der Waals surface area contributed by atoms with E-state index >= 15 is 0 Å². The Morgan fingerprint density at radius 2 is 2.31 bits per heavy atom. The first-order chi connectivity index (χ1) is 7.65. The maximum atomic E-state index is 11.0. The van der Waals surface area contributed by atoms with Gasteiger partial charge < -0.3 is 5.32 Å². The van der Waals surface area contributed by atoms with Gasteiger partial charge in [0.05, 0.1) is 0 Å². The summed E-state index contributed by atoms with van der Waals surface area (Å²) in [5, 5.41) is 16.0. The molecule has 16 heavy (non-hydrogen) atoms. The van der Waals surface area contributed by atoms with E-state index in [9.17, 15) is 4.79 Å². The lowest BCUT2D eigenvalue weighted by Gasteiger charge is -2.04. The summed E-state index contributed by atoms with van der Waals surface area (Å²) < 4.78 is 0.801. The van der Waals surface area contributed by atoms with Gasteiger partial charge in [-0.1, -0.05) is 5.11 Å². The first-order valence-corrected chi connectivity index (χ1v) is 5.05. The molecule has 0 unspecified atom stereocenters. The zero-order valence-corrected chi connectivity index (χ0v) is 9.96. The van der Waals surface area contributed by atoms with Gasteiger partial charge in [0.15, 0.2) is 6.19 Å². The summed E-state index contributed by atoms with van der Waals surface area (Å²) >= 11 is 2.02. The summed E-state index contributed by atoms with van der Waals surface area (Å²) in [6, 6.07) is 4.19. The number of urea groups is 1. The normalized spacial score (nSPS) is 8.50. The zero-order chi connectivity index (χ0) is 12.0. The zero-order valence-electron chi connectivity index (χ0n) is 7.81. The fourth-order valence-corrected chi connectivity index (χ4v) is 1.62. The Bertz CT molecular complexity index is 502. The van der Waals surface area contributed by atoms with Crippen LogP contribution in [0, 0.1) is 15.0 Å². The molecule has 1 aromatic rings. The molecule has 0 saturated heterocycles. The number of nitrogens with one attached hydrogen (secondary N) is 2. The molecule has 80 valence electrons. The third-order valence-electron chi connectivity index (χ3n) is 1.47. The van der Waals surface area contributed by atoms with E-state index in [0.717, 1.165) is 3.57 Å². The van der Waals surface area contributed by atoms with Crippen LogP contribution in [0.25, 0.3) is 10.4 Å². The SMILES string of the molecule is N#CNC(=O)Nc1cc(I)cc(N=[N+]=[N-])c1. The topological polar surface area (TPSA) is 114 Å². The molecule has 0 fully saturated rings. The molecular weight excluding hydrogens is 323 g/mol. The van der Waals surface area contributed by atoms with Crippen molar-refractivity contribution in [1.82, 2.24) is 5.32 Å². The number of azide groups is 1. The van der Waals surface area contributed by atoms with Crippen LogP contribution in [-0.4, -0.2) is 6.03 Å². The molecule has 7 nitrogen and oxygen atoms in total. The Hall–Kier alpha value is -1.98. The quantitative estimate of drug-likeness (QED) is 0.217. The average molecular weight is 328 g/mol. The lowest BCUT2D eigenvalue weighted by atomic mass is 10.3. The highest BCUT2D eigenvalue weighted by molar-refractivity contribution is 14.1. The molecule has 0 saturated carbocycles. The summed E-state index contributed by atoms with van der Waals surface area (Å²) in [5.41, 5.74) is 9.12. The van der Waals surface area contributed by atoms with Crippen molar-refractivity contribution in [3.63, 3.8) is 0 Å².